The Morgan fingerprint density at radius 2 is 1.53 bits per heavy atom. The van der Waals surface area contributed by atoms with Gasteiger partial charge in [-0.2, -0.15) is 0 Å². The molecule has 1 aromatic rings. The first kappa shape index (κ1) is 16.4. The summed E-state index contributed by atoms with van der Waals surface area (Å²) in [5.41, 5.74) is 0.711. The maximum absolute atomic E-state index is 12.6. The molecule has 0 aliphatic heterocycles. The second-order valence-corrected chi connectivity index (χ2v) is 7.04. The van der Waals surface area contributed by atoms with Crippen molar-refractivity contribution in [3.8, 4) is 0 Å². The van der Waals surface area contributed by atoms with Gasteiger partial charge in [0.1, 0.15) is 0 Å². The summed E-state index contributed by atoms with van der Waals surface area (Å²) in [5.74, 6) is 0. The molecule has 0 fully saturated rings. The predicted molar refractivity (Wildman–Crippen MR) is 76.3 cm³/mol. The second kappa shape index (κ2) is 7.20. The molecule has 0 aromatic heterocycles. The Kier molecular flexibility index (Phi) is 6.21. The lowest BCUT2D eigenvalue weighted by Gasteiger charge is -2.24. The van der Waals surface area contributed by atoms with E-state index in [0.29, 0.717) is 5.56 Å². The summed E-state index contributed by atoms with van der Waals surface area (Å²) >= 11 is 0. The van der Waals surface area contributed by atoms with Gasteiger partial charge >= 0.3 is 7.60 Å². The molecule has 4 nitrogen and oxygen atoms in total. The fourth-order valence-corrected chi connectivity index (χ4v) is 3.89. The number of hydrogen-bond donors (Lipinski definition) is 1. The van der Waals surface area contributed by atoms with Crippen molar-refractivity contribution in [1.29, 1.82) is 0 Å². The van der Waals surface area contributed by atoms with Crippen LogP contribution in [-0.4, -0.2) is 23.5 Å². The van der Waals surface area contributed by atoms with Crippen LogP contribution in [0.25, 0.3) is 0 Å². The number of hydrogen-bond acceptors (Lipinski definition) is 4. The van der Waals surface area contributed by atoms with E-state index in [4.69, 9.17) is 9.05 Å². The van der Waals surface area contributed by atoms with Gasteiger partial charge in [0.05, 0.1) is 24.5 Å². The molecule has 0 bridgehead atoms. The van der Waals surface area contributed by atoms with Crippen molar-refractivity contribution < 1.29 is 18.7 Å². The van der Waals surface area contributed by atoms with Crippen molar-refractivity contribution in [3.63, 3.8) is 0 Å². The number of aliphatic hydroxyl groups is 1. The Bertz CT molecular complexity index is 403. The van der Waals surface area contributed by atoms with Gasteiger partial charge in [-0.05, 0) is 33.3 Å². The molecule has 1 N–H and O–H groups in total. The molecule has 1 rings (SSSR count). The minimum atomic E-state index is -3.30. The monoisotopic (exact) mass is 286 g/mol. The Labute approximate surface area is 115 Å². The van der Waals surface area contributed by atoms with Gasteiger partial charge in [-0.3, -0.25) is 4.57 Å². The smallest absolute Gasteiger partial charge is 0.334 e. The summed E-state index contributed by atoms with van der Waals surface area (Å²) < 4.78 is 23.4. The number of benzene rings is 1. The van der Waals surface area contributed by atoms with Crippen molar-refractivity contribution in [3.05, 3.63) is 35.9 Å². The van der Waals surface area contributed by atoms with Crippen LogP contribution in [0.3, 0.4) is 0 Å². The van der Waals surface area contributed by atoms with E-state index in [2.05, 4.69) is 0 Å². The fraction of sp³-hybridized carbons (Fsp3) is 0.571. The van der Waals surface area contributed by atoms with Crippen LogP contribution in [-0.2, 0) is 13.6 Å². The SMILES string of the molecule is CC(C)OP(=O)(C[C@H](O)c1ccccc1)OC(C)C. The first-order valence-corrected chi connectivity index (χ1v) is 8.24. The molecular formula is C14H23O4P. The van der Waals surface area contributed by atoms with Gasteiger partial charge in [-0.15, -0.1) is 0 Å². The van der Waals surface area contributed by atoms with Crippen LogP contribution in [0.15, 0.2) is 30.3 Å². The molecule has 108 valence electrons. The number of rotatable bonds is 7. The van der Waals surface area contributed by atoms with Gasteiger partial charge in [0, 0.05) is 0 Å². The van der Waals surface area contributed by atoms with Crippen molar-refractivity contribution >= 4 is 7.60 Å². The maximum atomic E-state index is 12.6. The highest BCUT2D eigenvalue weighted by molar-refractivity contribution is 7.53. The number of aliphatic hydroxyl groups excluding tert-OH is 1. The third-order valence-electron chi connectivity index (χ3n) is 2.32. The quantitative estimate of drug-likeness (QED) is 0.775. The molecule has 0 heterocycles. The van der Waals surface area contributed by atoms with Crippen LogP contribution < -0.4 is 0 Å². The molecule has 0 spiro atoms. The lowest BCUT2D eigenvalue weighted by atomic mass is 10.1. The van der Waals surface area contributed by atoms with Gasteiger partial charge in [0.15, 0.2) is 0 Å². The summed E-state index contributed by atoms with van der Waals surface area (Å²) in [6.07, 6.45) is -1.32. The molecular weight excluding hydrogens is 263 g/mol. The van der Waals surface area contributed by atoms with Crippen LogP contribution in [0.2, 0.25) is 0 Å². The van der Waals surface area contributed by atoms with E-state index in [1.54, 1.807) is 39.8 Å². The zero-order valence-electron chi connectivity index (χ0n) is 11.9. The van der Waals surface area contributed by atoms with Gasteiger partial charge in [-0.25, -0.2) is 0 Å². The molecule has 0 saturated carbocycles. The molecule has 0 radical (unpaired) electrons. The zero-order chi connectivity index (χ0) is 14.5. The molecule has 0 saturated heterocycles. The fourth-order valence-electron chi connectivity index (χ4n) is 1.75. The van der Waals surface area contributed by atoms with E-state index in [-0.39, 0.29) is 18.4 Å². The summed E-state index contributed by atoms with van der Waals surface area (Å²) in [5, 5.41) is 10.1. The molecule has 19 heavy (non-hydrogen) atoms. The van der Waals surface area contributed by atoms with Gasteiger partial charge < -0.3 is 14.2 Å². The topological polar surface area (TPSA) is 55.8 Å². The average Bonchev–Trinajstić information content (AvgIpc) is 2.27. The second-order valence-electron chi connectivity index (χ2n) is 5.03. The zero-order valence-corrected chi connectivity index (χ0v) is 12.8. The van der Waals surface area contributed by atoms with Crippen LogP contribution in [0.4, 0.5) is 0 Å². The third-order valence-corrected chi connectivity index (χ3v) is 4.60. The minimum Gasteiger partial charge on any atom is -0.388 e. The van der Waals surface area contributed by atoms with E-state index in [1.807, 2.05) is 18.2 Å². The van der Waals surface area contributed by atoms with Crippen LogP contribution in [0.5, 0.6) is 0 Å². The molecule has 1 atom stereocenters. The molecule has 0 amide bonds. The van der Waals surface area contributed by atoms with E-state index in [1.165, 1.54) is 0 Å². The van der Waals surface area contributed by atoms with Crippen LogP contribution in [0, 0.1) is 0 Å². The summed E-state index contributed by atoms with van der Waals surface area (Å²) in [7, 11) is -3.30. The lowest BCUT2D eigenvalue weighted by molar-refractivity contribution is 0.126. The van der Waals surface area contributed by atoms with E-state index < -0.39 is 13.7 Å². The largest absolute Gasteiger partial charge is 0.388 e. The highest BCUT2D eigenvalue weighted by Gasteiger charge is 2.31. The van der Waals surface area contributed by atoms with Crippen molar-refractivity contribution in [1.82, 2.24) is 0 Å². The van der Waals surface area contributed by atoms with Crippen LogP contribution >= 0.6 is 7.60 Å². The molecule has 0 aliphatic rings. The van der Waals surface area contributed by atoms with Crippen molar-refractivity contribution in [2.24, 2.45) is 0 Å². The van der Waals surface area contributed by atoms with Crippen LogP contribution in [0.1, 0.15) is 39.4 Å². The van der Waals surface area contributed by atoms with E-state index in [9.17, 15) is 9.67 Å². The molecule has 0 aliphatic carbocycles. The third kappa shape index (κ3) is 5.87. The van der Waals surface area contributed by atoms with Crippen molar-refractivity contribution in [2.75, 3.05) is 6.16 Å². The Morgan fingerprint density at radius 3 is 1.95 bits per heavy atom. The molecule has 1 aromatic carbocycles. The van der Waals surface area contributed by atoms with Gasteiger partial charge in [0.25, 0.3) is 0 Å². The Balaban J connectivity index is 2.80. The van der Waals surface area contributed by atoms with Crippen molar-refractivity contribution in [2.45, 2.75) is 46.0 Å². The standard InChI is InChI=1S/C14H23O4P/c1-11(2)17-19(16,18-12(3)4)10-14(15)13-8-6-5-7-9-13/h5-9,11-12,14-15H,10H2,1-4H3/t14-/m0/s1. The van der Waals surface area contributed by atoms with E-state index in [0.717, 1.165) is 0 Å². The first-order chi connectivity index (χ1) is 8.82. The summed E-state index contributed by atoms with van der Waals surface area (Å²) in [6, 6.07) is 9.11. The summed E-state index contributed by atoms with van der Waals surface area (Å²) in [6.45, 7) is 7.19. The minimum absolute atomic E-state index is 0.0344. The highest BCUT2D eigenvalue weighted by atomic mass is 31.2. The Hall–Kier alpha value is -0.670. The predicted octanol–water partition coefficient (Wildman–Crippen LogP) is 3.76. The lowest BCUT2D eigenvalue weighted by Crippen LogP contribution is -2.14. The summed E-state index contributed by atoms with van der Waals surface area (Å²) in [4.78, 5) is 0. The highest BCUT2D eigenvalue weighted by Crippen LogP contribution is 2.52. The average molecular weight is 286 g/mol. The molecule has 0 unspecified atom stereocenters. The van der Waals surface area contributed by atoms with E-state index >= 15 is 0 Å². The first-order valence-electron chi connectivity index (χ1n) is 6.51. The maximum Gasteiger partial charge on any atom is 0.334 e. The molecule has 5 heteroatoms. The van der Waals surface area contributed by atoms with Gasteiger partial charge in [0.2, 0.25) is 0 Å². The normalized spacial score (nSPS) is 14.1. The Morgan fingerprint density at radius 1 is 1.05 bits per heavy atom. The van der Waals surface area contributed by atoms with Gasteiger partial charge in [-0.1, -0.05) is 30.3 Å².